The van der Waals surface area contributed by atoms with Gasteiger partial charge in [0.1, 0.15) is 0 Å². The molecule has 1 aromatic rings. The van der Waals surface area contributed by atoms with E-state index in [0.29, 0.717) is 0 Å². The molecule has 0 radical (unpaired) electrons. The number of halogens is 1. The van der Waals surface area contributed by atoms with Crippen molar-refractivity contribution in [1.29, 1.82) is 0 Å². The minimum absolute atomic E-state index is 0. The summed E-state index contributed by atoms with van der Waals surface area (Å²) in [5, 5.41) is 3.39. The maximum Gasteiger partial charge on any atom is 0.193 e. The van der Waals surface area contributed by atoms with Crippen molar-refractivity contribution in [1.82, 2.24) is 10.2 Å². The Balaban J connectivity index is 0.00000529. The Morgan fingerprint density at radius 2 is 2.00 bits per heavy atom. The maximum absolute atomic E-state index is 5.33. The zero-order valence-electron chi connectivity index (χ0n) is 15.2. The summed E-state index contributed by atoms with van der Waals surface area (Å²) in [6.07, 6.45) is 4.93. The molecule has 0 aromatic heterocycles. The average Bonchev–Trinajstić information content (AvgIpc) is 2.58. The lowest BCUT2D eigenvalue weighted by Crippen LogP contribution is -2.40. The molecule has 0 spiro atoms. The molecule has 0 bridgehead atoms. The van der Waals surface area contributed by atoms with E-state index in [1.54, 1.807) is 14.2 Å². The number of nitrogens with one attached hydrogen (secondary N) is 1. The van der Waals surface area contributed by atoms with Crippen LogP contribution in [0.15, 0.2) is 35.8 Å². The van der Waals surface area contributed by atoms with E-state index in [2.05, 4.69) is 34.9 Å². The Bertz CT molecular complexity index is 521. The second-order valence-corrected chi connectivity index (χ2v) is 5.27. The van der Waals surface area contributed by atoms with Gasteiger partial charge < -0.3 is 19.7 Å². The Morgan fingerprint density at radius 1 is 1.29 bits per heavy atom. The van der Waals surface area contributed by atoms with E-state index in [4.69, 9.17) is 9.47 Å². The van der Waals surface area contributed by atoms with E-state index < -0.39 is 0 Å². The third-order valence-corrected chi connectivity index (χ3v) is 3.62. The monoisotopic (exact) mass is 447 g/mol. The molecule has 0 saturated heterocycles. The van der Waals surface area contributed by atoms with Crippen molar-refractivity contribution >= 4 is 29.9 Å². The van der Waals surface area contributed by atoms with Crippen molar-refractivity contribution in [2.45, 2.75) is 19.3 Å². The molecule has 0 saturated carbocycles. The van der Waals surface area contributed by atoms with Gasteiger partial charge in [0.05, 0.1) is 14.2 Å². The quantitative estimate of drug-likeness (QED) is 0.208. The second kappa shape index (κ2) is 12.9. The minimum Gasteiger partial charge on any atom is -0.493 e. The van der Waals surface area contributed by atoms with Crippen molar-refractivity contribution in [3.63, 3.8) is 0 Å². The summed E-state index contributed by atoms with van der Waals surface area (Å²) in [6, 6.07) is 6.00. The highest BCUT2D eigenvalue weighted by Crippen LogP contribution is 2.27. The zero-order chi connectivity index (χ0) is 17.1. The number of benzene rings is 1. The molecule has 0 aliphatic carbocycles. The van der Waals surface area contributed by atoms with E-state index in [1.807, 2.05) is 25.3 Å². The number of hydrogen-bond acceptors (Lipinski definition) is 3. The lowest BCUT2D eigenvalue weighted by molar-refractivity contribution is 0.354. The fraction of sp³-hybridized carbons (Fsp3) is 0.500. The van der Waals surface area contributed by atoms with Gasteiger partial charge in [0, 0.05) is 27.2 Å². The van der Waals surface area contributed by atoms with Gasteiger partial charge in [0.25, 0.3) is 0 Å². The van der Waals surface area contributed by atoms with Crippen LogP contribution in [0, 0.1) is 0 Å². The molecular formula is C18H30IN3O2. The van der Waals surface area contributed by atoms with Gasteiger partial charge in [-0.2, -0.15) is 0 Å². The van der Waals surface area contributed by atoms with E-state index in [9.17, 15) is 0 Å². The molecule has 0 amide bonds. The van der Waals surface area contributed by atoms with Gasteiger partial charge in [0.2, 0.25) is 0 Å². The van der Waals surface area contributed by atoms with Gasteiger partial charge in [-0.25, -0.2) is 0 Å². The number of nitrogens with zero attached hydrogens (tertiary/aromatic N) is 2. The van der Waals surface area contributed by atoms with Crippen LogP contribution < -0.4 is 14.8 Å². The number of hydrogen-bond donors (Lipinski definition) is 1. The summed E-state index contributed by atoms with van der Waals surface area (Å²) < 4.78 is 10.6. The summed E-state index contributed by atoms with van der Waals surface area (Å²) in [7, 11) is 7.16. The lowest BCUT2D eigenvalue weighted by Gasteiger charge is -2.22. The number of methoxy groups -OCH3 is 2. The molecule has 136 valence electrons. The molecule has 1 rings (SSSR count). The summed E-state index contributed by atoms with van der Waals surface area (Å²) in [4.78, 5) is 6.46. The standard InChI is InChI=1S/C18H29N3O2.HI/c1-6-7-8-13-21(3)18(19-2)20-12-11-15-9-10-16(22-4)17(14-15)23-5;/h6,9-10,14H,1,7-8,11-13H2,2-5H3,(H,19,20);1H. The zero-order valence-corrected chi connectivity index (χ0v) is 17.5. The van der Waals surface area contributed by atoms with Crippen molar-refractivity contribution < 1.29 is 9.47 Å². The number of aliphatic imine (C=N–C) groups is 1. The minimum atomic E-state index is 0. The Labute approximate surface area is 163 Å². The SMILES string of the molecule is C=CCCCN(C)C(=NC)NCCc1ccc(OC)c(OC)c1.I. The largest absolute Gasteiger partial charge is 0.493 e. The molecule has 0 aliphatic rings. The molecule has 0 heterocycles. The van der Waals surface area contributed by atoms with Gasteiger partial charge in [-0.3, -0.25) is 4.99 Å². The molecule has 1 aromatic carbocycles. The van der Waals surface area contributed by atoms with Crippen LogP contribution in [0.3, 0.4) is 0 Å². The van der Waals surface area contributed by atoms with Crippen LogP contribution >= 0.6 is 24.0 Å². The molecule has 6 heteroatoms. The van der Waals surface area contributed by atoms with E-state index in [-0.39, 0.29) is 24.0 Å². The highest BCUT2D eigenvalue weighted by atomic mass is 127. The molecule has 1 N–H and O–H groups in total. The first-order chi connectivity index (χ1) is 11.2. The summed E-state index contributed by atoms with van der Waals surface area (Å²) in [5.41, 5.74) is 1.19. The summed E-state index contributed by atoms with van der Waals surface area (Å²) in [5.74, 6) is 2.42. The number of guanidine groups is 1. The number of allylic oxidation sites excluding steroid dienone is 1. The topological polar surface area (TPSA) is 46.1 Å². The van der Waals surface area contributed by atoms with Crippen LogP contribution in [0.4, 0.5) is 0 Å². The highest BCUT2D eigenvalue weighted by molar-refractivity contribution is 14.0. The first kappa shape index (κ1) is 22.6. The Morgan fingerprint density at radius 3 is 2.58 bits per heavy atom. The van der Waals surface area contributed by atoms with Crippen LogP contribution in [-0.4, -0.2) is 52.3 Å². The van der Waals surface area contributed by atoms with Crippen LogP contribution in [0.2, 0.25) is 0 Å². The third kappa shape index (κ3) is 7.42. The predicted octanol–water partition coefficient (Wildman–Crippen LogP) is 3.34. The Hall–Kier alpha value is -1.44. The smallest absolute Gasteiger partial charge is 0.193 e. The first-order valence-electron chi connectivity index (χ1n) is 7.89. The van der Waals surface area contributed by atoms with Gasteiger partial charge >= 0.3 is 0 Å². The molecule has 0 aliphatic heterocycles. The number of rotatable bonds is 9. The van der Waals surface area contributed by atoms with Gasteiger partial charge in [-0.05, 0) is 37.0 Å². The van der Waals surface area contributed by atoms with E-state index in [1.165, 1.54) is 5.56 Å². The van der Waals surface area contributed by atoms with E-state index >= 15 is 0 Å². The van der Waals surface area contributed by atoms with Crippen molar-refractivity contribution in [3.8, 4) is 11.5 Å². The van der Waals surface area contributed by atoms with Crippen molar-refractivity contribution in [2.75, 3.05) is 41.4 Å². The first-order valence-corrected chi connectivity index (χ1v) is 7.89. The van der Waals surface area contributed by atoms with Crippen LogP contribution in [0.25, 0.3) is 0 Å². The number of unbranched alkanes of at least 4 members (excludes halogenated alkanes) is 1. The normalized spacial score (nSPS) is 10.6. The average molecular weight is 447 g/mol. The van der Waals surface area contributed by atoms with Crippen LogP contribution in [0.5, 0.6) is 11.5 Å². The van der Waals surface area contributed by atoms with Crippen molar-refractivity contribution in [3.05, 3.63) is 36.4 Å². The number of ether oxygens (including phenoxy) is 2. The van der Waals surface area contributed by atoms with Gasteiger partial charge in [0.15, 0.2) is 17.5 Å². The van der Waals surface area contributed by atoms with Crippen LogP contribution in [-0.2, 0) is 6.42 Å². The second-order valence-electron chi connectivity index (χ2n) is 5.27. The molecule has 0 unspecified atom stereocenters. The third-order valence-electron chi connectivity index (χ3n) is 3.62. The molecular weight excluding hydrogens is 417 g/mol. The summed E-state index contributed by atoms with van der Waals surface area (Å²) in [6.45, 7) is 5.52. The van der Waals surface area contributed by atoms with Gasteiger partial charge in [-0.15, -0.1) is 30.6 Å². The maximum atomic E-state index is 5.33. The fourth-order valence-corrected chi connectivity index (χ4v) is 2.32. The molecule has 5 nitrogen and oxygen atoms in total. The highest BCUT2D eigenvalue weighted by Gasteiger charge is 2.07. The molecule has 0 atom stereocenters. The summed E-state index contributed by atoms with van der Waals surface area (Å²) >= 11 is 0. The van der Waals surface area contributed by atoms with E-state index in [0.717, 1.165) is 49.8 Å². The Kier molecular flexibility index (Phi) is 12.1. The van der Waals surface area contributed by atoms with Crippen molar-refractivity contribution in [2.24, 2.45) is 4.99 Å². The van der Waals surface area contributed by atoms with Crippen LogP contribution in [0.1, 0.15) is 18.4 Å². The fourth-order valence-electron chi connectivity index (χ4n) is 2.32. The predicted molar refractivity (Wildman–Crippen MR) is 112 cm³/mol. The van der Waals surface area contributed by atoms with Gasteiger partial charge in [-0.1, -0.05) is 12.1 Å². The lowest BCUT2D eigenvalue weighted by atomic mass is 10.1. The molecule has 24 heavy (non-hydrogen) atoms. The molecule has 0 fully saturated rings.